The van der Waals surface area contributed by atoms with Crippen LogP contribution in [0.1, 0.15) is 11.1 Å². The zero-order valence-corrected chi connectivity index (χ0v) is 14.2. The van der Waals surface area contributed by atoms with Crippen molar-refractivity contribution in [3.05, 3.63) is 59.7 Å². The van der Waals surface area contributed by atoms with Crippen molar-refractivity contribution in [2.75, 3.05) is 11.0 Å². The first-order valence-electron chi connectivity index (χ1n) is 6.29. The number of rotatable bonds is 7. The number of benzene rings is 2. The highest BCUT2D eigenvalue weighted by Crippen LogP contribution is 2.22. The topological polar surface area (TPSA) is 18.5 Å². The van der Waals surface area contributed by atoms with Crippen LogP contribution >= 0.6 is 31.9 Å². The molecule has 0 spiro atoms. The van der Waals surface area contributed by atoms with Gasteiger partial charge in [0, 0.05) is 0 Å². The van der Waals surface area contributed by atoms with Gasteiger partial charge in [-0.05, 0) is 34.4 Å². The average molecular weight is 400 g/mol. The molecule has 0 saturated heterocycles. The summed E-state index contributed by atoms with van der Waals surface area (Å²) in [7, 11) is 0. The Balaban J connectivity index is 2.17. The summed E-state index contributed by atoms with van der Waals surface area (Å²) in [5.41, 5.74) is 5.84. The quantitative estimate of drug-likeness (QED) is 0.603. The van der Waals surface area contributed by atoms with E-state index in [4.69, 9.17) is 9.47 Å². The van der Waals surface area contributed by atoms with E-state index in [1.165, 1.54) is 22.3 Å². The largest absolute Gasteiger partial charge is 0.366 e. The normalized spacial score (nSPS) is 10.7. The maximum absolute atomic E-state index is 5.38. The summed E-state index contributed by atoms with van der Waals surface area (Å²) >= 11 is 6.53. The molecule has 0 unspecified atom stereocenters. The molecule has 0 saturated carbocycles. The van der Waals surface area contributed by atoms with Crippen LogP contribution < -0.4 is 0 Å². The first-order valence-corrected chi connectivity index (χ1v) is 8.53. The SMILES string of the molecule is BrCOCc1cccc(-c2cccc(COCBr)c2)c1. The maximum atomic E-state index is 5.38. The number of halogens is 2. The highest BCUT2D eigenvalue weighted by atomic mass is 79.9. The second-order valence-corrected chi connectivity index (χ2v) is 5.23. The van der Waals surface area contributed by atoms with Crippen molar-refractivity contribution < 1.29 is 9.47 Å². The van der Waals surface area contributed by atoms with Crippen molar-refractivity contribution in [1.29, 1.82) is 0 Å². The molecular weight excluding hydrogens is 384 g/mol. The molecule has 2 rings (SSSR count). The Hall–Kier alpha value is -0.680. The van der Waals surface area contributed by atoms with Gasteiger partial charge in [-0.3, -0.25) is 0 Å². The van der Waals surface area contributed by atoms with Crippen LogP contribution in [0.3, 0.4) is 0 Å². The summed E-state index contributed by atoms with van der Waals surface area (Å²) in [5.74, 6) is 0. The molecule has 2 nitrogen and oxygen atoms in total. The molecule has 0 heterocycles. The lowest BCUT2D eigenvalue weighted by Crippen LogP contribution is -1.92. The molecule has 0 amide bonds. The molecule has 0 bridgehead atoms. The van der Waals surface area contributed by atoms with Gasteiger partial charge in [-0.2, -0.15) is 0 Å². The van der Waals surface area contributed by atoms with Crippen LogP contribution in [0.2, 0.25) is 0 Å². The van der Waals surface area contributed by atoms with Crippen LogP contribution in [0, 0.1) is 0 Å². The smallest absolute Gasteiger partial charge is 0.102 e. The molecule has 0 aliphatic rings. The van der Waals surface area contributed by atoms with Gasteiger partial charge < -0.3 is 9.47 Å². The molecular formula is C16H16Br2O2. The van der Waals surface area contributed by atoms with Crippen molar-refractivity contribution >= 4 is 31.9 Å². The lowest BCUT2D eigenvalue weighted by atomic mass is 10.0. The van der Waals surface area contributed by atoms with Crippen molar-refractivity contribution in [2.45, 2.75) is 13.2 Å². The van der Waals surface area contributed by atoms with Gasteiger partial charge in [0.05, 0.1) is 13.2 Å². The van der Waals surface area contributed by atoms with E-state index in [1.807, 2.05) is 0 Å². The predicted octanol–water partition coefficient (Wildman–Crippen LogP) is 5.09. The van der Waals surface area contributed by atoms with Gasteiger partial charge in [0.25, 0.3) is 0 Å². The van der Waals surface area contributed by atoms with Gasteiger partial charge in [0.15, 0.2) is 0 Å². The second-order valence-electron chi connectivity index (χ2n) is 4.32. The van der Waals surface area contributed by atoms with Crippen LogP contribution in [-0.4, -0.2) is 11.0 Å². The number of hydrogen-bond acceptors (Lipinski definition) is 2. The van der Waals surface area contributed by atoms with Crippen LogP contribution in [0.4, 0.5) is 0 Å². The second kappa shape index (κ2) is 8.57. The molecule has 0 aliphatic heterocycles. The van der Waals surface area contributed by atoms with Gasteiger partial charge in [0.2, 0.25) is 0 Å². The molecule has 2 aromatic rings. The maximum Gasteiger partial charge on any atom is 0.102 e. The first-order chi connectivity index (χ1) is 9.83. The molecule has 0 atom stereocenters. The number of ether oxygens (including phenoxy) is 2. The standard InChI is InChI=1S/C16H16Br2O2/c17-11-19-9-13-3-1-5-15(7-13)16-6-2-4-14(8-16)10-20-12-18/h1-8H,9-12H2. The number of hydrogen-bond donors (Lipinski definition) is 0. The lowest BCUT2D eigenvalue weighted by molar-refractivity contribution is 0.172. The van der Waals surface area contributed by atoms with Crippen LogP contribution in [-0.2, 0) is 22.7 Å². The monoisotopic (exact) mass is 398 g/mol. The van der Waals surface area contributed by atoms with E-state index in [-0.39, 0.29) is 0 Å². The van der Waals surface area contributed by atoms with Crippen LogP contribution in [0.5, 0.6) is 0 Å². The summed E-state index contributed by atoms with van der Waals surface area (Å²) in [6.07, 6.45) is 0. The van der Waals surface area contributed by atoms with E-state index in [9.17, 15) is 0 Å². The Morgan fingerprint density at radius 1 is 0.700 bits per heavy atom. The van der Waals surface area contributed by atoms with E-state index in [0.717, 1.165) is 0 Å². The predicted molar refractivity (Wildman–Crippen MR) is 89.0 cm³/mol. The van der Waals surface area contributed by atoms with Crippen LogP contribution in [0.15, 0.2) is 48.5 Å². The van der Waals surface area contributed by atoms with Gasteiger partial charge in [-0.15, -0.1) is 0 Å². The van der Waals surface area contributed by atoms with Gasteiger partial charge in [-0.25, -0.2) is 0 Å². The minimum atomic E-state index is 0.552. The molecule has 0 N–H and O–H groups in total. The van der Waals surface area contributed by atoms with E-state index in [0.29, 0.717) is 24.2 Å². The molecule has 0 fully saturated rings. The zero-order chi connectivity index (χ0) is 14.2. The number of alkyl halides is 2. The third kappa shape index (κ3) is 4.70. The average Bonchev–Trinajstić information content (AvgIpc) is 2.51. The van der Waals surface area contributed by atoms with Gasteiger partial charge >= 0.3 is 0 Å². The van der Waals surface area contributed by atoms with Crippen molar-refractivity contribution in [3.63, 3.8) is 0 Å². The first kappa shape index (κ1) is 15.7. The molecule has 2 aromatic carbocycles. The summed E-state index contributed by atoms with van der Waals surface area (Å²) in [6.45, 7) is 1.23. The van der Waals surface area contributed by atoms with Crippen molar-refractivity contribution in [2.24, 2.45) is 0 Å². The third-order valence-corrected chi connectivity index (χ3v) is 3.53. The Labute approximate surface area is 136 Å². The fourth-order valence-electron chi connectivity index (χ4n) is 1.99. The molecule has 4 heteroatoms. The lowest BCUT2D eigenvalue weighted by Gasteiger charge is -2.08. The highest BCUT2D eigenvalue weighted by molar-refractivity contribution is 9.09. The third-order valence-electron chi connectivity index (χ3n) is 2.88. The van der Waals surface area contributed by atoms with Crippen molar-refractivity contribution in [1.82, 2.24) is 0 Å². The Morgan fingerprint density at radius 2 is 1.15 bits per heavy atom. The Bertz CT molecular complexity index is 494. The minimum Gasteiger partial charge on any atom is -0.366 e. The fourth-order valence-corrected chi connectivity index (χ4v) is 2.32. The van der Waals surface area contributed by atoms with E-state index < -0.39 is 0 Å². The summed E-state index contributed by atoms with van der Waals surface area (Å²) in [4.78, 5) is 0. The van der Waals surface area contributed by atoms with E-state index in [2.05, 4.69) is 80.4 Å². The highest BCUT2D eigenvalue weighted by Gasteiger charge is 2.01. The van der Waals surface area contributed by atoms with Gasteiger partial charge in [-0.1, -0.05) is 68.3 Å². The molecule has 0 aliphatic carbocycles. The molecule has 0 radical (unpaired) electrons. The molecule has 0 aromatic heterocycles. The molecule has 106 valence electrons. The fraction of sp³-hybridized carbons (Fsp3) is 0.250. The van der Waals surface area contributed by atoms with E-state index >= 15 is 0 Å². The Kier molecular flexibility index (Phi) is 6.73. The summed E-state index contributed by atoms with van der Waals surface area (Å²) in [6, 6.07) is 16.8. The Morgan fingerprint density at radius 3 is 1.55 bits per heavy atom. The van der Waals surface area contributed by atoms with Crippen molar-refractivity contribution in [3.8, 4) is 11.1 Å². The summed E-state index contributed by atoms with van der Waals surface area (Å²) < 4.78 is 10.8. The molecule has 20 heavy (non-hydrogen) atoms. The van der Waals surface area contributed by atoms with Gasteiger partial charge in [0.1, 0.15) is 11.0 Å². The van der Waals surface area contributed by atoms with E-state index in [1.54, 1.807) is 0 Å². The summed E-state index contributed by atoms with van der Waals surface area (Å²) in [5, 5.41) is 0. The minimum absolute atomic E-state index is 0.552. The van der Waals surface area contributed by atoms with Crippen LogP contribution in [0.25, 0.3) is 11.1 Å². The zero-order valence-electron chi connectivity index (χ0n) is 11.0.